The van der Waals surface area contributed by atoms with E-state index in [0.717, 1.165) is 4.88 Å². The molecule has 0 bridgehead atoms. The van der Waals surface area contributed by atoms with Crippen molar-refractivity contribution >= 4 is 23.3 Å². The van der Waals surface area contributed by atoms with Gasteiger partial charge in [-0.15, -0.1) is 11.3 Å². The minimum atomic E-state index is -1.04. The van der Waals surface area contributed by atoms with Gasteiger partial charge in [0.2, 0.25) is 0 Å². The molecule has 2 amide bonds. The molecule has 1 aromatic rings. The van der Waals surface area contributed by atoms with E-state index in [0.29, 0.717) is 6.54 Å². The highest BCUT2D eigenvalue weighted by Crippen LogP contribution is 2.18. The number of thiophene rings is 1. The monoisotopic (exact) mass is 284 g/mol. The van der Waals surface area contributed by atoms with Crippen LogP contribution in [0.1, 0.15) is 17.8 Å². The van der Waals surface area contributed by atoms with Crippen molar-refractivity contribution < 1.29 is 19.4 Å². The van der Waals surface area contributed by atoms with Gasteiger partial charge in [0.15, 0.2) is 6.10 Å². The van der Waals surface area contributed by atoms with Crippen molar-refractivity contribution in [1.29, 1.82) is 0 Å². The summed E-state index contributed by atoms with van der Waals surface area (Å²) in [7, 11) is 0. The SMILES string of the molecule is CC(NC(=O)N1CCOC(C(=O)O)C1)c1cccs1. The first kappa shape index (κ1) is 13.8. The fraction of sp³-hybridized carbons (Fsp3) is 0.500. The molecule has 6 nitrogen and oxygen atoms in total. The standard InChI is InChI=1S/C12H16N2O4S/c1-8(10-3-2-6-19-10)13-12(17)14-4-5-18-9(7-14)11(15)16/h2-3,6,8-9H,4-5,7H2,1H3,(H,13,17)(H,15,16). The zero-order chi connectivity index (χ0) is 13.8. The van der Waals surface area contributed by atoms with Crippen LogP contribution in [0.3, 0.4) is 0 Å². The molecule has 0 spiro atoms. The van der Waals surface area contributed by atoms with Crippen LogP contribution in [0, 0.1) is 0 Å². The summed E-state index contributed by atoms with van der Waals surface area (Å²) in [6, 6.07) is 3.54. The minimum Gasteiger partial charge on any atom is -0.479 e. The van der Waals surface area contributed by atoms with E-state index in [1.165, 1.54) is 4.90 Å². The molecule has 1 aliphatic heterocycles. The van der Waals surface area contributed by atoms with Gasteiger partial charge in [-0.25, -0.2) is 9.59 Å². The summed E-state index contributed by atoms with van der Waals surface area (Å²) in [5.41, 5.74) is 0. The van der Waals surface area contributed by atoms with Crippen LogP contribution >= 0.6 is 11.3 Å². The van der Waals surface area contributed by atoms with E-state index in [4.69, 9.17) is 9.84 Å². The van der Waals surface area contributed by atoms with Crippen LogP contribution in [-0.2, 0) is 9.53 Å². The van der Waals surface area contributed by atoms with Crippen molar-refractivity contribution in [3.63, 3.8) is 0 Å². The molecule has 2 unspecified atom stereocenters. The van der Waals surface area contributed by atoms with Crippen molar-refractivity contribution in [2.24, 2.45) is 0 Å². The Morgan fingerprint density at radius 1 is 1.63 bits per heavy atom. The number of carboxylic acid groups (broad SMARTS) is 1. The zero-order valence-electron chi connectivity index (χ0n) is 10.5. The lowest BCUT2D eigenvalue weighted by molar-refractivity contribution is -0.154. The zero-order valence-corrected chi connectivity index (χ0v) is 11.4. The number of carbonyl (C=O) groups is 2. The van der Waals surface area contributed by atoms with Crippen molar-refractivity contribution in [3.8, 4) is 0 Å². The van der Waals surface area contributed by atoms with E-state index < -0.39 is 12.1 Å². The summed E-state index contributed by atoms with van der Waals surface area (Å²) in [5.74, 6) is -1.04. The number of hydrogen-bond acceptors (Lipinski definition) is 4. The van der Waals surface area contributed by atoms with E-state index in [9.17, 15) is 9.59 Å². The molecular weight excluding hydrogens is 268 g/mol. The van der Waals surface area contributed by atoms with Gasteiger partial charge in [-0.2, -0.15) is 0 Å². The van der Waals surface area contributed by atoms with Gasteiger partial charge in [0, 0.05) is 11.4 Å². The highest BCUT2D eigenvalue weighted by molar-refractivity contribution is 7.10. The third-order valence-electron chi connectivity index (χ3n) is 2.94. The largest absolute Gasteiger partial charge is 0.479 e. The van der Waals surface area contributed by atoms with Crippen molar-refractivity contribution in [2.75, 3.05) is 19.7 Å². The van der Waals surface area contributed by atoms with Gasteiger partial charge in [0.1, 0.15) is 0 Å². The number of nitrogens with one attached hydrogen (secondary N) is 1. The van der Waals surface area contributed by atoms with E-state index in [1.807, 2.05) is 24.4 Å². The lowest BCUT2D eigenvalue weighted by atomic mass is 10.2. The number of ether oxygens (including phenoxy) is 1. The van der Waals surface area contributed by atoms with Gasteiger partial charge >= 0.3 is 12.0 Å². The maximum absolute atomic E-state index is 12.0. The molecule has 2 N–H and O–H groups in total. The highest BCUT2D eigenvalue weighted by Gasteiger charge is 2.29. The summed E-state index contributed by atoms with van der Waals surface area (Å²) in [4.78, 5) is 25.4. The predicted molar refractivity (Wildman–Crippen MR) is 70.2 cm³/mol. The van der Waals surface area contributed by atoms with E-state index >= 15 is 0 Å². The second-order valence-corrected chi connectivity index (χ2v) is 5.31. The topological polar surface area (TPSA) is 78.9 Å². The summed E-state index contributed by atoms with van der Waals surface area (Å²) >= 11 is 1.57. The molecule has 2 heterocycles. The molecule has 104 valence electrons. The van der Waals surface area contributed by atoms with Crippen LogP contribution < -0.4 is 5.32 Å². The Morgan fingerprint density at radius 2 is 2.42 bits per heavy atom. The van der Waals surface area contributed by atoms with E-state index in [-0.39, 0.29) is 25.2 Å². The third kappa shape index (κ3) is 3.45. The number of amides is 2. The Balaban J connectivity index is 1.91. The first-order chi connectivity index (χ1) is 9.08. The average molecular weight is 284 g/mol. The van der Waals surface area contributed by atoms with Gasteiger partial charge in [-0.1, -0.05) is 6.07 Å². The van der Waals surface area contributed by atoms with Gasteiger partial charge in [0.05, 0.1) is 19.2 Å². The lowest BCUT2D eigenvalue weighted by Gasteiger charge is -2.31. The fourth-order valence-electron chi connectivity index (χ4n) is 1.87. The van der Waals surface area contributed by atoms with Gasteiger partial charge in [-0.05, 0) is 18.4 Å². The van der Waals surface area contributed by atoms with Crippen LogP contribution in [0.4, 0.5) is 4.79 Å². The molecule has 1 saturated heterocycles. The van der Waals surface area contributed by atoms with Crippen LogP contribution in [-0.4, -0.2) is 47.8 Å². The van der Waals surface area contributed by atoms with E-state index in [1.54, 1.807) is 11.3 Å². The summed E-state index contributed by atoms with van der Waals surface area (Å²) in [6.07, 6.45) is -0.934. The Bertz CT molecular complexity index is 449. The molecule has 1 aliphatic rings. The third-order valence-corrected chi connectivity index (χ3v) is 3.99. The molecule has 0 aromatic carbocycles. The highest BCUT2D eigenvalue weighted by atomic mass is 32.1. The lowest BCUT2D eigenvalue weighted by Crippen LogP contribution is -2.52. The van der Waals surface area contributed by atoms with Crippen LogP contribution in [0.15, 0.2) is 17.5 Å². The average Bonchev–Trinajstić information content (AvgIpc) is 2.92. The summed E-state index contributed by atoms with van der Waals surface area (Å²) < 4.78 is 5.08. The molecule has 7 heteroatoms. The van der Waals surface area contributed by atoms with Crippen molar-refractivity contribution in [1.82, 2.24) is 10.2 Å². The molecule has 1 fully saturated rings. The number of urea groups is 1. The first-order valence-corrected chi connectivity index (χ1v) is 6.89. The van der Waals surface area contributed by atoms with Crippen LogP contribution in [0.25, 0.3) is 0 Å². The normalized spacial score (nSPS) is 20.9. The first-order valence-electron chi connectivity index (χ1n) is 6.01. The van der Waals surface area contributed by atoms with E-state index in [2.05, 4.69) is 5.32 Å². The number of carboxylic acids is 1. The second kappa shape index (κ2) is 6.03. The molecule has 0 radical (unpaired) electrons. The van der Waals surface area contributed by atoms with Gasteiger partial charge in [-0.3, -0.25) is 0 Å². The summed E-state index contributed by atoms with van der Waals surface area (Å²) in [5, 5.41) is 13.7. The number of hydrogen-bond donors (Lipinski definition) is 2. The van der Waals surface area contributed by atoms with Gasteiger partial charge in [0.25, 0.3) is 0 Å². The minimum absolute atomic E-state index is 0.0817. The molecule has 2 rings (SSSR count). The fourth-order valence-corrected chi connectivity index (χ4v) is 2.60. The number of morpholine rings is 1. The van der Waals surface area contributed by atoms with Crippen LogP contribution in [0.2, 0.25) is 0 Å². The Morgan fingerprint density at radius 3 is 3.05 bits per heavy atom. The number of rotatable bonds is 3. The van der Waals surface area contributed by atoms with Crippen LogP contribution in [0.5, 0.6) is 0 Å². The maximum atomic E-state index is 12.0. The molecule has 19 heavy (non-hydrogen) atoms. The molecule has 2 atom stereocenters. The predicted octanol–water partition coefficient (Wildman–Crippen LogP) is 1.30. The van der Waals surface area contributed by atoms with Crippen molar-refractivity contribution in [2.45, 2.75) is 19.1 Å². The number of carbonyl (C=O) groups excluding carboxylic acids is 1. The van der Waals surface area contributed by atoms with Crippen molar-refractivity contribution in [3.05, 3.63) is 22.4 Å². The molecular formula is C12H16N2O4S. The Hall–Kier alpha value is -1.60. The molecule has 0 saturated carbocycles. The number of aliphatic carboxylic acids is 1. The number of nitrogens with zero attached hydrogens (tertiary/aromatic N) is 1. The molecule has 1 aromatic heterocycles. The Labute approximate surface area is 115 Å². The quantitative estimate of drug-likeness (QED) is 0.877. The van der Waals surface area contributed by atoms with Gasteiger partial charge < -0.3 is 20.1 Å². The molecule has 0 aliphatic carbocycles. The second-order valence-electron chi connectivity index (χ2n) is 4.33. The smallest absolute Gasteiger partial charge is 0.334 e. The maximum Gasteiger partial charge on any atom is 0.334 e. The Kier molecular flexibility index (Phi) is 4.39. The summed E-state index contributed by atoms with van der Waals surface area (Å²) in [6.45, 7) is 2.64.